The van der Waals surface area contributed by atoms with E-state index >= 15 is 0 Å². The molecule has 0 spiro atoms. The molecule has 0 saturated carbocycles. The largest absolute Gasteiger partial charge is 0.228 e. The third kappa shape index (κ3) is 5.61. The first-order valence-corrected chi connectivity index (χ1v) is 23.2. The van der Waals surface area contributed by atoms with Gasteiger partial charge in [-0.3, -0.25) is 0 Å². The van der Waals surface area contributed by atoms with Crippen LogP contribution in [0.25, 0.3) is 111 Å². The van der Waals surface area contributed by atoms with Gasteiger partial charge in [-0.15, -0.1) is 0 Å². The van der Waals surface area contributed by atoms with E-state index in [0.29, 0.717) is 5.82 Å². The molecule has 0 aliphatic heterocycles. The maximum absolute atomic E-state index is 5.36. The summed E-state index contributed by atoms with van der Waals surface area (Å²) in [6.45, 7) is 9.43. The molecule has 0 fully saturated rings. The number of hydrogen-bond donors (Lipinski definition) is 0. The third-order valence-electron chi connectivity index (χ3n) is 14.9. The van der Waals surface area contributed by atoms with E-state index < -0.39 is 0 Å². The minimum atomic E-state index is -0.116. The maximum Gasteiger partial charge on any atom is 0.160 e. The van der Waals surface area contributed by atoms with Gasteiger partial charge in [0.1, 0.15) is 0 Å². The van der Waals surface area contributed by atoms with Gasteiger partial charge in [0, 0.05) is 27.5 Å². The van der Waals surface area contributed by atoms with Crippen LogP contribution < -0.4 is 0 Å². The van der Waals surface area contributed by atoms with Crippen molar-refractivity contribution in [1.29, 1.82) is 0 Å². The maximum atomic E-state index is 5.36. The SMILES string of the molecule is CC1(C)c2ccccc2-c2c(-c3cc(-c4ccc(-c5ccc(-c6ccc7c(c6)-c6ccc8ccccc8c6C7(C)C)c6ccccc56)c5ccccc45)nc(-c4ccccc4)n3)cccc21. The minimum Gasteiger partial charge on any atom is -0.228 e. The standard InChI is InChI=1S/C64H46N2/c1-63(2)55-27-15-14-25-52(55)60-53(26-16-28-57(60)63)59-38-58(65-62(66-59)40-18-6-5-7-19-40)50-35-34-49(46-23-12-13-24-47(46)50)48-33-32-42(44-21-10-11-22-45(44)48)41-30-36-56-54(37-41)51-31-29-39-17-8-9-20-43(39)61(51)64(56,3)4/h5-38H,1-4H3. The third-order valence-corrected chi connectivity index (χ3v) is 14.9. The Morgan fingerprint density at radius 3 is 1.58 bits per heavy atom. The second kappa shape index (κ2) is 14.3. The van der Waals surface area contributed by atoms with E-state index in [1.54, 1.807) is 0 Å². The van der Waals surface area contributed by atoms with Gasteiger partial charge in [0.25, 0.3) is 0 Å². The van der Waals surface area contributed by atoms with Crippen molar-refractivity contribution < 1.29 is 0 Å². The summed E-state index contributed by atoms with van der Waals surface area (Å²) in [5.41, 5.74) is 20.4. The zero-order chi connectivity index (χ0) is 44.3. The molecule has 66 heavy (non-hydrogen) atoms. The molecule has 2 aliphatic rings. The van der Waals surface area contributed by atoms with Crippen LogP contribution in [0.4, 0.5) is 0 Å². The lowest BCUT2D eigenvalue weighted by Gasteiger charge is -2.23. The molecule has 13 rings (SSSR count). The Morgan fingerprint density at radius 2 is 0.833 bits per heavy atom. The summed E-state index contributed by atoms with van der Waals surface area (Å²) >= 11 is 0. The lowest BCUT2D eigenvalue weighted by atomic mass is 9.80. The van der Waals surface area contributed by atoms with Crippen LogP contribution in [0.1, 0.15) is 49.9 Å². The van der Waals surface area contributed by atoms with E-state index in [4.69, 9.17) is 9.97 Å². The second-order valence-corrected chi connectivity index (χ2v) is 19.2. The summed E-state index contributed by atoms with van der Waals surface area (Å²) in [7, 11) is 0. The number of aromatic nitrogens is 2. The molecular weight excluding hydrogens is 797 g/mol. The molecule has 0 unspecified atom stereocenters. The van der Waals surface area contributed by atoms with E-state index in [-0.39, 0.29) is 10.8 Å². The smallest absolute Gasteiger partial charge is 0.160 e. The summed E-state index contributed by atoms with van der Waals surface area (Å²) < 4.78 is 0. The van der Waals surface area contributed by atoms with Crippen LogP contribution in [0, 0.1) is 0 Å². The van der Waals surface area contributed by atoms with Gasteiger partial charge in [-0.1, -0.05) is 222 Å². The quantitative estimate of drug-likeness (QED) is 0.172. The summed E-state index contributed by atoms with van der Waals surface area (Å²) in [6, 6.07) is 75.8. The molecule has 0 saturated heterocycles. The van der Waals surface area contributed by atoms with E-state index in [1.807, 2.05) is 6.07 Å². The zero-order valence-electron chi connectivity index (χ0n) is 37.5. The summed E-state index contributed by atoms with van der Waals surface area (Å²) in [6.07, 6.45) is 0. The fourth-order valence-corrected chi connectivity index (χ4v) is 11.7. The molecule has 11 aromatic rings. The number of fused-ring (bicyclic) bond motifs is 10. The molecule has 0 radical (unpaired) electrons. The Morgan fingerprint density at radius 1 is 0.303 bits per heavy atom. The highest BCUT2D eigenvalue weighted by molar-refractivity contribution is 6.12. The van der Waals surface area contributed by atoms with Crippen molar-refractivity contribution in [1.82, 2.24) is 9.97 Å². The Balaban J connectivity index is 0.960. The fraction of sp³-hybridized carbons (Fsp3) is 0.0938. The van der Waals surface area contributed by atoms with E-state index in [9.17, 15) is 0 Å². The fourth-order valence-electron chi connectivity index (χ4n) is 11.7. The molecule has 0 bridgehead atoms. The average Bonchev–Trinajstić information content (AvgIpc) is 3.75. The van der Waals surface area contributed by atoms with Gasteiger partial charge >= 0.3 is 0 Å². The highest BCUT2D eigenvalue weighted by Gasteiger charge is 2.38. The predicted molar refractivity (Wildman–Crippen MR) is 277 cm³/mol. The van der Waals surface area contributed by atoms with Crippen molar-refractivity contribution in [3.8, 4) is 78.4 Å². The number of benzene rings is 10. The Hall–Kier alpha value is -7.94. The van der Waals surface area contributed by atoms with Gasteiger partial charge in [-0.05, 0) is 111 Å². The van der Waals surface area contributed by atoms with Gasteiger partial charge in [-0.25, -0.2) is 9.97 Å². The minimum absolute atomic E-state index is 0.0926. The Kier molecular flexibility index (Phi) is 8.33. The molecule has 1 aromatic heterocycles. The van der Waals surface area contributed by atoms with Crippen LogP contribution in [-0.2, 0) is 10.8 Å². The van der Waals surface area contributed by atoms with Crippen molar-refractivity contribution in [3.63, 3.8) is 0 Å². The molecule has 1 heterocycles. The van der Waals surface area contributed by atoms with Crippen LogP contribution in [0.5, 0.6) is 0 Å². The summed E-state index contributed by atoms with van der Waals surface area (Å²) in [5, 5.41) is 7.46. The van der Waals surface area contributed by atoms with Gasteiger partial charge in [0.15, 0.2) is 5.82 Å². The first kappa shape index (κ1) is 38.5. The molecular formula is C64H46N2. The molecule has 10 aromatic carbocycles. The lowest BCUT2D eigenvalue weighted by molar-refractivity contribution is 0.660. The number of nitrogens with zero attached hydrogens (tertiary/aromatic N) is 2. The van der Waals surface area contributed by atoms with E-state index in [0.717, 1.165) is 33.5 Å². The van der Waals surface area contributed by atoms with Crippen LogP contribution in [0.2, 0.25) is 0 Å². The molecule has 312 valence electrons. The van der Waals surface area contributed by atoms with Gasteiger partial charge in [0.2, 0.25) is 0 Å². The van der Waals surface area contributed by atoms with Crippen LogP contribution in [0.3, 0.4) is 0 Å². The van der Waals surface area contributed by atoms with Crippen LogP contribution in [-0.4, -0.2) is 9.97 Å². The van der Waals surface area contributed by atoms with E-state index in [1.165, 1.54) is 93.7 Å². The Bertz CT molecular complexity index is 3820. The molecule has 0 atom stereocenters. The highest BCUT2D eigenvalue weighted by Crippen LogP contribution is 2.54. The number of rotatable bonds is 5. The zero-order valence-corrected chi connectivity index (χ0v) is 37.5. The highest BCUT2D eigenvalue weighted by atomic mass is 14.9. The van der Waals surface area contributed by atoms with E-state index in [2.05, 4.69) is 228 Å². The monoisotopic (exact) mass is 842 g/mol. The topological polar surface area (TPSA) is 25.8 Å². The van der Waals surface area contributed by atoms with Crippen molar-refractivity contribution in [2.45, 2.75) is 38.5 Å². The van der Waals surface area contributed by atoms with Crippen molar-refractivity contribution >= 4 is 32.3 Å². The van der Waals surface area contributed by atoms with Gasteiger partial charge < -0.3 is 0 Å². The normalized spacial score (nSPS) is 14.0. The second-order valence-electron chi connectivity index (χ2n) is 19.2. The lowest BCUT2D eigenvalue weighted by Crippen LogP contribution is -2.15. The van der Waals surface area contributed by atoms with Crippen LogP contribution in [0.15, 0.2) is 206 Å². The molecule has 0 amide bonds. The van der Waals surface area contributed by atoms with Crippen LogP contribution >= 0.6 is 0 Å². The van der Waals surface area contributed by atoms with Crippen molar-refractivity contribution in [3.05, 3.63) is 229 Å². The van der Waals surface area contributed by atoms with Gasteiger partial charge in [-0.2, -0.15) is 0 Å². The summed E-state index contributed by atoms with van der Waals surface area (Å²) in [4.78, 5) is 10.7. The average molecular weight is 843 g/mol. The Labute approximate surface area is 385 Å². The van der Waals surface area contributed by atoms with Crippen molar-refractivity contribution in [2.75, 3.05) is 0 Å². The number of hydrogen-bond acceptors (Lipinski definition) is 2. The molecule has 2 heteroatoms. The molecule has 2 aliphatic carbocycles. The summed E-state index contributed by atoms with van der Waals surface area (Å²) in [5.74, 6) is 0.716. The first-order valence-electron chi connectivity index (χ1n) is 23.2. The predicted octanol–water partition coefficient (Wildman–Crippen LogP) is 16.9. The van der Waals surface area contributed by atoms with Gasteiger partial charge in [0.05, 0.1) is 11.4 Å². The molecule has 2 nitrogen and oxygen atoms in total. The first-order chi connectivity index (χ1) is 32.3. The molecule has 0 N–H and O–H groups in total. The van der Waals surface area contributed by atoms with Crippen molar-refractivity contribution in [2.24, 2.45) is 0 Å².